The Labute approximate surface area is 103 Å². The number of hydrogen-bond acceptors (Lipinski definition) is 2. The summed E-state index contributed by atoms with van der Waals surface area (Å²) in [7, 11) is 0. The van der Waals surface area contributed by atoms with E-state index in [2.05, 4.69) is 6.08 Å². The normalized spacial score (nSPS) is 22.8. The third-order valence-corrected chi connectivity index (χ3v) is 3.02. The lowest BCUT2D eigenvalue weighted by Crippen LogP contribution is -2.36. The van der Waals surface area contributed by atoms with Crippen LogP contribution in [-0.2, 0) is 4.79 Å². The van der Waals surface area contributed by atoms with Gasteiger partial charge in [0.25, 0.3) is 0 Å². The third-order valence-electron chi connectivity index (χ3n) is 2.70. The Bertz CT molecular complexity index is 325. The van der Waals surface area contributed by atoms with Gasteiger partial charge in [-0.25, -0.2) is 0 Å². The molecule has 0 radical (unpaired) electrons. The van der Waals surface area contributed by atoms with Crippen LogP contribution < -0.4 is 5.73 Å². The second-order valence-electron chi connectivity index (χ2n) is 5.17. The van der Waals surface area contributed by atoms with Crippen molar-refractivity contribution in [1.29, 1.82) is 0 Å². The van der Waals surface area contributed by atoms with Crippen LogP contribution in [0, 0.1) is 5.92 Å². The minimum atomic E-state index is -0.331. The number of rotatable bonds is 4. The molecule has 0 aromatic heterocycles. The van der Waals surface area contributed by atoms with Gasteiger partial charge < -0.3 is 5.73 Å². The molecule has 1 rings (SSSR count). The van der Waals surface area contributed by atoms with Crippen molar-refractivity contribution in [1.82, 2.24) is 0 Å². The van der Waals surface area contributed by atoms with E-state index in [4.69, 9.17) is 17.3 Å². The van der Waals surface area contributed by atoms with Crippen LogP contribution in [0.5, 0.6) is 0 Å². The van der Waals surface area contributed by atoms with Gasteiger partial charge in [0.15, 0.2) is 0 Å². The van der Waals surface area contributed by atoms with Crippen molar-refractivity contribution in [3.8, 4) is 0 Å². The molecule has 0 saturated carbocycles. The van der Waals surface area contributed by atoms with E-state index in [1.165, 1.54) is 0 Å². The number of ketones is 1. The fourth-order valence-corrected chi connectivity index (χ4v) is 2.05. The second kappa shape index (κ2) is 5.15. The summed E-state index contributed by atoms with van der Waals surface area (Å²) in [4.78, 5) is 11.6. The van der Waals surface area contributed by atoms with E-state index in [1.54, 1.807) is 6.92 Å². The molecule has 0 fully saturated rings. The van der Waals surface area contributed by atoms with Crippen molar-refractivity contribution >= 4 is 17.4 Å². The van der Waals surface area contributed by atoms with E-state index in [0.717, 1.165) is 12.0 Å². The van der Waals surface area contributed by atoms with Crippen LogP contribution in [0.15, 0.2) is 23.8 Å². The van der Waals surface area contributed by atoms with Crippen molar-refractivity contribution in [2.75, 3.05) is 0 Å². The number of carbonyl (C=O) groups is 1. The van der Waals surface area contributed by atoms with Gasteiger partial charge in [0.1, 0.15) is 5.78 Å². The van der Waals surface area contributed by atoms with Crippen molar-refractivity contribution in [2.24, 2.45) is 11.7 Å². The Kier molecular flexibility index (Phi) is 4.34. The lowest BCUT2D eigenvalue weighted by molar-refractivity contribution is -0.120. The fourth-order valence-electron chi connectivity index (χ4n) is 1.89. The van der Waals surface area contributed by atoms with Crippen molar-refractivity contribution in [3.63, 3.8) is 0 Å². The fraction of sp³-hybridized carbons (Fsp3) is 0.615. The summed E-state index contributed by atoms with van der Waals surface area (Å²) in [6, 6.07) is 0. The Morgan fingerprint density at radius 3 is 2.69 bits per heavy atom. The monoisotopic (exact) mass is 241 g/mol. The first kappa shape index (κ1) is 13.5. The second-order valence-corrected chi connectivity index (χ2v) is 5.73. The first-order valence-electron chi connectivity index (χ1n) is 5.61. The summed E-state index contributed by atoms with van der Waals surface area (Å²) in [6.45, 7) is 5.51. The summed E-state index contributed by atoms with van der Waals surface area (Å²) < 4.78 is 0. The molecule has 0 aliphatic heterocycles. The zero-order valence-electron chi connectivity index (χ0n) is 10.2. The number of hydrogen-bond donors (Lipinski definition) is 1. The molecule has 2 atom stereocenters. The highest BCUT2D eigenvalue weighted by molar-refractivity contribution is 6.22. The molecule has 0 spiro atoms. The quantitative estimate of drug-likeness (QED) is 0.770. The first-order chi connectivity index (χ1) is 7.29. The maximum atomic E-state index is 11.6. The predicted octanol–water partition coefficient (Wildman–Crippen LogP) is 2.81. The molecular formula is C13H20ClNO. The van der Waals surface area contributed by atoms with Crippen LogP contribution in [-0.4, -0.2) is 16.7 Å². The molecule has 1 aliphatic carbocycles. The Morgan fingerprint density at radius 1 is 1.69 bits per heavy atom. The molecule has 90 valence electrons. The first-order valence-corrected chi connectivity index (χ1v) is 6.05. The molecule has 2 nitrogen and oxygen atoms in total. The third kappa shape index (κ3) is 4.11. The highest BCUT2D eigenvalue weighted by Gasteiger charge is 2.25. The molecule has 0 aromatic rings. The summed E-state index contributed by atoms with van der Waals surface area (Å²) in [6.07, 6.45) is 7.42. The summed E-state index contributed by atoms with van der Waals surface area (Å²) in [5, 5.41) is 0.0576. The maximum Gasteiger partial charge on any atom is 0.137 e. The van der Waals surface area contributed by atoms with E-state index in [0.29, 0.717) is 6.42 Å². The van der Waals surface area contributed by atoms with Gasteiger partial charge in [-0.3, -0.25) is 4.79 Å². The van der Waals surface area contributed by atoms with Crippen LogP contribution in [0.4, 0.5) is 0 Å². The van der Waals surface area contributed by atoms with E-state index in [-0.39, 0.29) is 22.6 Å². The van der Waals surface area contributed by atoms with Crippen molar-refractivity contribution in [3.05, 3.63) is 23.8 Å². The van der Waals surface area contributed by atoms with Gasteiger partial charge in [0, 0.05) is 11.5 Å². The average Bonchev–Trinajstić information content (AvgIpc) is 2.14. The Balaban J connectivity index is 2.80. The molecule has 0 bridgehead atoms. The molecule has 0 amide bonds. The van der Waals surface area contributed by atoms with Crippen LogP contribution in [0.3, 0.4) is 0 Å². The highest BCUT2D eigenvalue weighted by Crippen LogP contribution is 2.27. The van der Waals surface area contributed by atoms with E-state index < -0.39 is 0 Å². The highest BCUT2D eigenvalue weighted by atomic mass is 35.5. The maximum absolute atomic E-state index is 11.6. The molecule has 0 heterocycles. The van der Waals surface area contributed by atoms with Crippen LogP contribution in [0.2, 0.25) is 0 Å². The number of carbonyl (C=O) groups excluding carboxylic acids is 1. The molecule has 2 N–H and O–H groups in total. The van der Waals surface area contributed by atoms with Crippen LogP contribution in [0.25, 0.3) is 0 Å². The van der Waals surface area contributed by atoms with Crippen LogP contribution in [0.1, 0.15) is 33.6 Å². The van der Waals surface area contributed by atoms with Gasteiger partial charge >= 0.3 is 0 Å². The van der Waals surface area contributed by atoms with Gasteiger partial charge in [-0.15, -0.1) is 11.6 Å². The van der Waals surface area contributed by atoms with E-state index in [9.17, 15) is 4.79 Å². The number of nitrogens with two attached hydrogens (primary N) is 1. The van der Waals surface area contributed by atoms with E-state index in [1.807, 2.05) is 26.0 Å². The molecule has 0 aromatic carbocycles. The van der Waals surface area contributed by atoms with E-state index >= 15 is 0 Å². The standard InChI is InChI=1S/C13H20ClNO/c1-9(16)12(8-13(2,3)15)10-4-6-11(14)7-5-10/h4-6,11-12H,7-8,15H2,1-3H3/t11?,12-/m1/s1. The number of Topliss-reactive ketones (excluding diaryl/α,β-unsaturated/α-hetero) is 1. The SMILES string of the molecule is CC(=O)[C@@H](CC(C)(C)N)C1=CCC(Cl)C=C1. The predicted molar refractivity (Wildman–Crippen MR) is 68.5 cm³/mol. The molecule has 1 unspecified atom stereocenters. The molecule has 0 saturated heterocycles. The molecule has 16 heavy (non-hydrogen) atoms. The minimum Gasteiger partial charge on any atom is -0.326 e. The van der Waals surface area contributed by atoms with Gasteiger partial charge in [0.2, 0.25) is 0 Å². The zero-order valence-corrected chi connectivity index (χ0v) is 10.9. The largest absolute Gasteiger partial charge is 0.326 e. The van der Waals surface area contributed by atoms with Crippen molar-refractivity contribution < 1.29 is 4.79 Å². The van der Waals surface area contributed by atoms with Gasteiger partial charge in [0.05, 0.1) is 5.38 Å². The molecular weight excluding hydrogens is 222 g/mol. The number of allylic oxidation sites excluding steroid dienone is 4. The van der Waals surface area contributed by atoms with Crippen LogP contribution >= 0.6 is 11.6 Å². The molecule has 1 aliphatic rings. The number of halogens is 1. The summed E-state index contributed by atoms with van der Waals surface area (Å²) in [5.74, 6) is 0.0721. The smallest absolute Gasteiger partial charge is 0.137 e. The zero-order chi connectivity index (χ0) is 12.3. The lowest BCUT2D eigenvalue weighted by Gasteiger charge is -2.26. The summed E-state index contributed by atoms with van der Waals surface area (Å²) >= 11 is 5.96. The van der Waals surface area contributed by atoms with Gasteiger partial charge in [-0.2, -0.15) is 0 Å². The Morgan fingerprint density at radius 2 is 2.31 bits per heavy atom. The summed E-state index contributed by atoms with van der Waals surface area (Å²) in [5.41, 5.74) is 6.71. The molecule has 3 heteroatoms. The van der Waals surface area contributed by atoms with Gasteiger partial charge in [-0.1, -0.05) is 18.2 Å². The lowest BCUT2D eigenvalue weighted by atomic mass is 9.82. The van der Waals surface area contributed by atoms with Crippen molar-refractivity contribution in [2.45, 2.75) is 44.5 Å². The van der Waals surface area contributed by atoms with Gasteiger partial charge in [-0.05, 0) is 39.2 Å². The topological polar surface area (TPSA) is 43.1 Å². The number of alkyl halides is 1. The minimum absolute atomic E-state index is 0.0576. The Hall–Kier alpha value is -0.600. The average molecular weight is 242 g/mol.